The molecule has 1 amide bonds. The van der Waals surface area contributed by atoms with Gasteiger partial charge < -0.3 is 10.4 Å². The van der Waals surface area contributed by atoms with E-state index >= 15 is 0 Å². The lowest BCUT2D eigenvalue weighted by molar-refractivity contribution is 0.0696. The van der Waals surface area contributed by atoms with Crippen molar-refractivity contribution < 1.29 is 14.7 Å². The van der Waals surface area contributed by atoms with Crippen molar-refractivity contribution in [2.45, 2.75) is 0 Å². The summed E-state index contributed by atoms with van der Waals surface area (Å²) in [4.78, 5) is 23.1. The Kier molecular flexibility index (Phi) is 4.57. The maximum Gasteiger partial charge on any atom is 0.335 e. The molecule has 0 radical (unpaired) electrons. The zero-order valence-corrected chi connectivity index (χ0v) is 13.2. The number of carbonyl (C=O) groups is 2. The van der Waals surface area contributed by atoms with Gasteiger partial charge >= 0.3 is 5.97 Å². The van der Waals surface area contributed by atoms with E-state index in [-0.39, 0.29) is 11.5 Å². The van der Waals surface area contributed by atoms with Gasteiger partial charge in [-0.3, -0.25) is 4.79 Å². The first-order valence-corrected chi connectivity index (χ1v) is 7.16. The number of halogens is 2. The van der Waals surface area contributed by atoms with Crippen LogP contribution in [0.2, 0.25) is 0 Å². The van der Waals surface area contributed by atoms with Crippen LogP contribution in [0.25, 0.3) is 0 Å². The van der Waals surface area contributed by atoms with Gasteiger partial charge in [0.1, 0.15) is 0 Å². The minimum absolute atomic E-state index is 0.107. The number of rotatable bonds is 3. The molecule has 0 bridgehead atoms. The van der Waals surface area contributed by atoms with Crippen LogP contribution in [-0.2, 0) is 0 Å². The first-order chi connectivity index (χ1) is 9.49. The number of benzene rings is 2. The van der Waals surface area contributed by atoms with Crippen LogP contribution >= 0.6 is 31.9 Å². The van der Waals surface area contributed by atoms with Crippen molar-refractivity contribution in [3.05, 3.63) is 62.5 Å². The molecule has 0 atom stereocenters. The second-order valence-corrected chi connectivity index (χ2v) is 5.64. The SMILES string of the molecule is O=C(O)c1ccc(Br)c(NC(=O)c2ccccc2Br)c1. The predicted octanol–water partition coefficient (Wildman–Crippen LogP) is 4.16. The summed E-state index contributed by atoms with van der Waals surface area (Å²) < 4.78 is 1.28. The van der Waals surface area contributed by atoms with E-state index in [1.807, 2.05) is 6.07 Å². The second kappa shape index (κ2) is 6.19. The van der Waals surface area contributed by atoms with E-state index in [0.717, 1.165) is 0 Å². The van der Waals surface area contributed by atoms with Crippen LogP contribution in [0.15, 0.2) is 51.4 Å². The molecule has 6 heteroatoms. The summed E-state index contributed by atoms with van der Waals surface area (Å²) in [5.74, 6) is -1.37. The Morgan fingerprint density at radius 1 is 1.00 bits per heavy atom. The number of nitrogens with one attached hydrogen (secondary N) is 1. The Labute approximate surface area is 132 Å². The minimum atomic E-state index is -1.05. The number of carbonyl (C=O) groups excluding carboxylic acids is 1. The molecule has 2 rings (SSSR count). The van der Waals surface area contributed by atoms with Crippen LogP contribution in [0, 0.1) is 0 Å². The lowest BCUT2D eigenvalue weighted by Gasteiger charge is -2.09. The Bertz CT molecular complexity index is 686. The van der Waals surface area contributed by atoms with Crippen LogP contribution in [-0.4, -0.2) is 17.0 Å². The fourth-order valence-electron chi connectivity index (χ4n) is 1.59. The van der Waals surface area contributed by atoms with Gasteiger partial charge in [0.05, 0.1) is 16.8 Å². The number of aromatic carboxylic acids is 1. The summed E-state index contributed by atoms with van der Waals surface area (Å²) in [5, 5.41) is 11.6. The second-order valence-electron chi connectivity index (χ2n) is 3.93. The molecule has 2 N–H and O–H groups in total. The van der Waals surface area contributed by atoms with Crippen LogP contribution in [0.4, 0.5) is 5.69 Å². The summed E-state index contributed by atoms with van der Waals surface area (Å²) in [6, 6.07) is 11.4. The van der Waals surface area contributed by atoms with Gasteiger partial charge in [-0.15, -0.1) is 0 Å². The highest BCUT2D eigenvalue weighted by Gasteiger charge is 2.13. The molecule has 20 heavy (non-hydrogen) atoms. The normalized spacial score (nSPS) is 10.1. The lowest BCUT2D eigenvalue weighted by atomic mass is 10.2. The smallest absolute Gasteiger partial charge is 0.335 e. The van der Waals surface area contributed by atoms with Gasteiger partial charge in [-0.2, -0.15) is 0 Å². The van der Waals surface area contributed by atoms with Gasteiger partial charge in [-0.25, -0.2) is 4.79 Å². The molecule has 0 saturated heterocycles. The predicted molar refractivity (Wildman–Crippen MR) is 83.2 cm³/mol. The van der Waals surface area contributed by atoms with E-state index in [0.29, 0.717) is 20.2 Å². The summed E-state index contributed by atoms with van der Waals surface area (Å²) in [7, 11) is 0. The molecule has 0 spiro atoms. The zero-order valence-electron chi connectivity index (χ0n) is 10.1. The van der Waals surface area contributed by atoms with Crippen molar-refractivity contribution in [3.63, 3.8) is 0 Å². The number of hydrogen-bond donors (Lipinski definition) is 2. The van der Waals surface area contributed by atoms with E-state index < -0.39 is 5.97 Å². The molecular formula is C14H9Br2NO3. The Hall–Kier alpha value is -1.66. The third kappa shape index (κ3) is 3.26. The summed E-state index contributed by atoms with van der Waals surface area (Å²) in [5.41, 5.74) is 0.987. The number of amides is 1. The van der Waals surface area contributed by atoms with Gasteiger partial charge in [0.2, 0.25) is 0 Å². The third-order valence-corrected chi connectivity index (χ3v) is 3.96. The van der Waals surface area contributed by atoms with E-state index in [9.17, 15) is 9.59 Å². The molecule has 0 aliphatic rings. The molecule has 0 aliphatic carbocycles. The van der Waals surface area contributed by atoms with Crippen molar-refractivity contribution in [1.82, 2.24) is 0 Å². The number of anilines is 1. The van der Waals surface area contributed by atoms with Crippen molar-refractivity contribution in [2.24, 2.45) is 0 Å². The average Bonchev–Trinajstić information content (AvgIpc) is 2.41. The van der Waals surface area contributed by atoms with Crippen LogP contribution in [0.3, 0.4) is 0 Å². The van der Waals surface area contributed by atoms with Crippen LogP contribution < -0.4 is 5.32 Å². The Morgan fingerprint density at radius 2 is 1.70 bits per heavy atom. The molecule has 2 aromatic carbocycles. The van der Waals surface area contributed by atoms with Gasteiger partial charge in [0, 0.05) is 8.95 Å². The highest BCUT2D eigenvalue weighted by atomic mass is 79.9. The highest BCUT2D eigenvalue weighted by molar-refractivity contribution is 9.11. The molecule has 0 saturated carbocycles. The first-order valence-electron chi connectivity index (χ1n) is 5.58. The van der Waals surface area contributed by atoms with Crippen molar-refractivity contribution in [3.8, 4) is 0 Å². The van der Waals surface area contributed by atoms with Crippen LogP contribution in [0.1, 0.15) is 20.7 Å². The largest absolute Gasteiger partial charge is 0.478 e. The maximum atomic E-state index is 12.2. The number of carboxylic acids is 1. The van der Waals surface area contributed by atoms with Gasteiger partial charge in [-0.1, -0.05) is 12.1 Å². The highest BCUT2D eigenvalue weighted by Crippen LogP contribution is 2.25. The maximum absolute atomic E-state index is 12.2. The quantitative estimate of drug-likeness (QED) is 0.815. The number of hydrogen-bond acceptors (Lipinski definition) is 2. The molecule has 0 aromatic heterocycles. The van der Waals surface area contributed by atoms with Gasteiger partial charge in [0.25, 0.3) is 5.91 Å². The van der Waals surface area contributed by atoms with Crippen molar-refractivity contribution in [2.75, 3.05) is 5.32 Å². The van der Waals surface area contributed by atoms with E-state index in [4.69, 9.17) is 5.11 Å². The van der Waals surface area contributed by atoms with Gasteiger partial charge in [0.15, 0.2) is 0 Å². The molecule has 0 aliphatic heterocycles. The van der Waals surface area contributed by atoms with Crippen LogP contribution in [0.5, 0.6) is 0 Å². The van der Waals surface area contributed by atoms with Crippen molar-refractivity contribution >= 4 is 49.4 Å². The monoisotopic (exact) mass is 397 g/mol. The molecule has 0 fully saturated rings. The van der Waals surface area contributed by atoms with Crippen molar-refractivity contribution in [1.29, 1.82) is 0 Å². The number of carboxylic acid groups (broad SMARTS) is 1. The Balaban J connectivity index is 2.30. The molecule has 0 unspecified atom stereocenters. The Morgan fingerprint density at radius 3 is 2.35 bits per heavy atom. The topological polar surface area (TPSA) is 66.4 Å². The molecular weight excluding hydrogens is 390 g/mol. The molecule has 4 nitrogen and oxygen atoms in total. The fraction of sp³-hybridized carbons (Fsp3) is 0. The summed E-state index contributed by atoms with van der Waals surface area (Å²) in [6.07, 6.45) is 0. The van der Waals surface area contributed by atoms with Gasteiger partial charge in [-0.05, 0) is 62.2 Å². The van der Waals surface area contributed by atoms with E-state index in [1.54, 1.807) is 24.3 Å². The molecule has 2 aromatic rings. The average molecular weight is 399 g/mol. The third-order valence-electron chi connectivity index (χ3n) is 2.58. The minimum Gasteiger partial charge on any atom is -0.478 e. The summed E-state index contributed by atoms with van der Waals surface area (Å²) >= 11 is 6.58. The zero-order chi connectivity index (χ0) is 14.7. The molecule has 0 heterocycles. The molecule has 102 valence electrons. The standard InChI is InChI=1S/C14H9Br2NO3/c15-10-4-2-1-3-9(10)13(18)17-12-7-8(14(19)20)5-6-11(12)16/h1-7H,(H,17,18)(H,19,20). The lowest BCUT2D eigenvalue weighted by Crippen LogP contribution is -2.13. The fourth-order valence-corrected chi connectivity index (χ4v) is 2.40. The van der Waals surface area contributed by atoms with E-state index in [2.05, 4.69) is 37.2 Å². The first kappa shape index (κ1) is 14.7. The van der Waals surface area contributed by atoms with E-state index in [1.165, 1.54) is 12.1 Å². The summed E-state index contributed by atoms with van der Waals surface area (Å²) in [6.45, 7) is 0.